The molecule has 0 spiro atoms. The lowest BCUT2D eigenvalue weighted by Crippen LogP contribution is -2.51. The molecule has 4 N–H and O–H groups in total. The molecule has 184 valence electrons. The number of anilines is 2. The third-order valence-corrected chi connectivity index (χ3v) is 7.56. The van der Waals surface area contributed by atoms with E-state index in [1.807, 2.05) is 61.0 Å². The molecule has 2 unspecified atom stereocenters. The van der Waals surface area contributed by atoms with Crippen LogP contribution >= 0.6 is 23.5 Å². The second-order valence-electron chi connectivity index (χ2n) is 10.1. The van der Waals surface area contributed by atoms with E-state index in [1.54, 1.807) is 23.5 Å². The standard InChI is InChI=1S/C26H36N4O2S2/c1-25(2)14-20(30-24(32)29-19-9-7-11-22(13-19)34-5)15-26(3,16-25)17-27-23(31)28-18-8-6-10-21(12-18)33-4/h6-13,20H,14-17H2,1-5H3,(H2,27,28,31)(H2,29,30,32). The fourth-order valence-corrected chi connectivity index (χ4v) is 6.01. The zero-order chi connectivity index (χ0) is 24.8. The van der Waals surface area contributed by atoms with Gasteiger partial charge in [-0.25, -0.2) is 9.59 Å². The summed E-state index contributed by atoms with van der Waals surface area (Å²) in [5.41, 5.74) is 1.48. The topological polar surface area (TPSA) is 82.3 Å². The van der Waals surface area contributed by atoms with Gasteiger partial charge in [0.25, 0.3) is 0 Å². The number of carbonyl (C=O) groups excluding carboxylic acids is 2. The number of benzene rings is 2. The summed E-state index contributed by atoms with van der Waals surface area (Å²) in [6.45, 7) is 7.19. The average Bonchev–Trinajstić information content (AvgIpc) is 2.76. The molecule has 0 heterocycles. The number of nitrogens with one attached hydrogen (secondary N) is 4. The maximum absolute atomic E-state index is 12.7. The first-order chi connectivity index (χ1) is 16.1. The van der Waals surface area contributed by atoms with Crippen molar-refractivity contribution in [3.8, 4) is 0 Å². The van der Waals surface area contributed by atoms with E-state index in [1.165, 1.54) is 0 Å². The molecule has 0 saturated heterocycles. The van der Waals surface area contributed by atoms with E-state index < -0.39 is 0 Å². The average molecular weight is 501 g/mol. The first-order valence-electron chi connectivity index (χ1n) is 11.5. The maximum Gasteiger partial charge on any atom is 0.319 e. The van der Waals surface area contributed by atoms with Gasteiger partial charge in [-0.1, -0.05) is 32.9 Å². The van der Waals surface area contributed by atoms with E-state index >= 15 is 0 Å². The van der Waals surface area contributed by atoms with Crippen molar-refractivity contribution >= 4 is 47.0 Å². The monoisotopic (exact) mass is 500 g/mol. The summed E-state index contributed by atoms with van der Waals surface area (Å²) < 4.78 is 0. The Morgan fingerprint density at radius 3 is 2.00 bits per heavy atom. The largest absolute Gasteiger partial charge is 0.337 e. The number of carbonyl (C=O) groups is 2. The molecule has 3 rings (SSSR count). The molecule has 2 aromatic rings. The molecule has 6 nitrogen and oxygen atoms in total. The summed E-state index contributed by atoms with van der Waals surface area (Å²) >= 11 is 3.28. The van der Waals surface area contributed by atoms with Gasteiger partial charge in [0.15, 0.2) is 0 Å². The summed E-state index contributed by atoms with van der Waals surface area (Å²) in [7, 11) is 0. The van der Waals surface area contributed by atoms with Gasteiger partial charge in [-0.2, -0.15) is 0 Å². The van der Waals surface area contributed by atoms with Crippen LogP contribution in [0, 0.1) is 10.8 Å². The first kappa shape index (κ1) is 26.3. The third-order valence-electron chi connectivity index (χ3n) is 6.11. The molecule has 1 fully saturated rings. The molecule has 0 aliphatic heterocycles. The number of amides is 4. The van der Waals surface area contributed by atoms with E-state index in [4.69, 9.17) is 0 Å². The van der Waals surface area contributed by atoms with Gasteiger partial charge in [0.1, 0.15) is 0 Å². The van der Waals surface area contributed by atoms with Crippen LogP contribution in [0.3, 0.4) is 0 Å². The number of urea groups is 2. The molecule has 1 saturated carbocycles. The summed E-state index contributed by atoms with van der Waals surface area (Å²) in [6.07, 6.45) is 6.69. The van der Waals surface area contributed by atoms with Crippen molar-refractivity contribution in [2.45, 2.75) is 55.9 Å². The lowest BCUT2D eigenvalue weighted by atomic mass is 9.62. The molecular formula is C26H36N4O2S2. The molecule has 0 aromatic heterocycles. The lowest BCUT2D eigenvalue weighted by molar-refractivity contribution is 0.0761. The SMILES string of the molecule is CSc1cccc(NC(=O)NCC2(C)CC(NC(=O)Nc3cccc(SC)c3)CC(C)(C)C2)c1. The van der Waals surface area contributed by atoms with Crippen LogP contribution in [0.4, 0.5) is 21.0 Å². The Morgan fingerprint density at radius 2 is 1.44 bits per heavy atom. The van der Waals surface area contributed by atoms with Crippen LogP contribution < -0.4 is 21.3 Å². The molecule has 8 heteroatoms. The van der Waals surface area contributed by atoms with Gasteiger partial charge in [0, 0.05) is 33.8 Å². The van der Waals surface area contributed by atoms with Crippen LogP contribution in [0.5, 0.6) is 0 Å². The first-order valence-corrected chi connectivity index (χ1v) is 14.0. The summed E-state index contributed by atoms with van der Waals surface area (Å²) in [5.74, 6) is 0. The Labute approximate surface area is 211 Å². The zero-order valence-corrected chi connectivity index (χ0v) is 22.3. The lowest BCUT2D eigenvalue weighted by Gasteiger charge is -2.46. The second kappa shape index (κ2) is 11.4. The highest BCUT2D eigenvalue weighted by Gasteiger charge is 2.41. The normalized spacial score (nSPS) is 21.4. The van der Waals surface area contributed by atoms with E-state index in [9.17, 15) is 9.59 Å². The highest BCUT2D eigenvalue weighted by atomic mass is 32.2. The van der Waals surface area contributed by atoms with Gasteiger partial charge in [-0.15, -0.1) is 23.5 Å². The predicted octanol–water partition coefficient (Wildman–Crippen LogP) is 6.66. The minimum absolute atomic E-state index is 0.0283. The predicted molar refractivity (Wildman–Crippen MR) is 145 cm³/mol. The molecular weight excluding hydrogens is 464 g/mol. The van der Waals surface area contributed by atoms with Gasteiger partial charge in [-0.3, -0.25) is 0 Å². The Kier molecular flexibility index (Phi) is 8.82. The minimum Gasteiger partial charge on any atom is -0.337 e. The fraction of sp³-hybridized carbons (Fsp3) is 0.462. The Morgan fingerprint density at radius 1 is 0.882 bits per heavy atom. The summed E-state index contributed by atoms with van der Waals surface area (Å²) in [5, 5.41) is 12.1. The van der Waals surface area contributed by atoms with Crippen LogP contribution in [-0.4, -0.2) is 37.2 Å². The molecule has 0 radical (unpaired) electrons. The van der Waals surface area contributed by atoms with Gasteiger partial charge in [-0.05, 0) is 79.0 Å². The van der Waals surface area contributed by atoms with E-state index in [-0.39, 0.29) is 28.9 Å². The van der Waals surface area contributed by atoms with E-state index in [0.29, 0.717) is 6.54 Å². The van der Waals surface area contributed by atoms with Crippen molar-refractivity contribution in [2.24, 2.45) is 10.8 Å². The summed E-state index contributed by atoms with van der Waals surface area (Å²) in [6, 6.07) is 15.2. The minimum atomic E-state index is -0.209. The van der Waals surface area contributed by atoms with Crippen molar-refractivity contribution in [3.05, 3.63) is 48.5 Å². The maximum atomic E-state index is 12.7. The van der Waals surface area contributed by atoms with Gasteiger partial charge in [0.2, 0.25) is 0 Å². The zero-order valence-electron chi connectivity index (χ0n) is 20.7. The number of hydrogen-bond donors (Lipinski definition) is 4. The van der Waals surface area contributed by atoms with Gasteiger partial charge in [0.05, 0.1) is 0 Å². The van der Waals surface area contributed by atoms with E-state index in [2.05, 4.69) is 42.0 Å². The molecule has 0 bridgehead atoms. The van der Waals surface area contributed by atoms with Crippen LogP contribution in [-0.2, 0) is 0 Å². The molecule has 1 aliphatic carbocycles. The molecule has 4 amide bonds. The fourth-order valence-electron chi connectivity index (χ4n) is 5.09. The van der Waals surface area contributed by atoms with Crippen LogP contribution in [0.25, 0.3) is 0 Å². The number of hydrogen-bond acceptors (Lipinski definition) is 4. The number of rotatable bonds is 7. The van der Waals surface area contributed by atoms with Crippen LogP contribution in [0.2, 0.25) is 0 Å². The van der Waals surface area contributed by atoms with Crippen LogP contribution in [0.15, 0.2) is 58.3 Å². The van der Waals surface area contributed by atoms with Crippen molar-refractivity contribution in [3.63, 3.8) is 0 Å². The van der Waals surface area contributed by atoms with Crippen LogP contribution in [0.1, 0.15) is 40.0 Å². The molecule has 34 heavy (non-hydrogen) atoms. The molecule has 2 aromatic carbocycles. The van der Waals surface area contributed by atoms with E-state index in [0.717, 1.165) is 40.4 Å². The third kappa shape index (κ3) is 7.87. The van der Waals surface area contributed by atoms with Crippen molar-refractivity contribution < 1.29 is 9.59 Å². The van der Waals surface area contributed by atoms with Crippen molar-refractivity contribution in [1.29, 1.82) is 0 Å². The molecule has 1 aliphatic rings. The smallest absolute Gasteiger partial charge is 0.319 e. The second-order valence-corrected chi connectivity index (χ2v) is 11.9. The Hall–Kier alpha value is -2.32. The van der Waals surface area contributed by atoms with Gasteiger partial charge < -0.3 is 21.3 Å². The number of thioether (sulfide) groups is 2. The summed E-state index contributed by atoms with van der Waals surface area (Å²) in [4.78, 5) is 27.5. The highest BCUT2D eigenvalue weighted by Crippen LogP contribution is 2.45. The van der Waals surface area contributed by atoms with Gasteiger partial charge >= 0.3 is 12.1 Å². The molecule has 2 atom stereocenters. The highest BCUT2D eigenvalue weighted by molar-refractivity contribution is 7.98. The Bertz CT molecular complexity index is 1010. The van der Waals surface area contributed by atoms with Crippen molar-refractivity contribution in [2.75, 3.05) is 29.7 Å². The quantitative estimate of drug-likeness (QED) is 0.321. The van der Waals surface area contributed by atoms with Crippen molar-refractivity contribution in [1.82, 2.24) is 10.6 Å². The Balaban J connectivity index is 1.57.